The van der Waals surface area contributed by atoms with Crippen molar-refractivity contribution >= 4 is 5.96 Å². The van der Waals surface area contributed by atoms with Gasteiger partial charge in [-0.1, -0.05) is 13.8 Å². The first kappa shape index (κ1) is 18.7. The summed E-state index contributed by atoms with van der Waals surface area (Å²) in [5, 5.41) is 3.53. The van der Waals surface area contributed by atoms with Crippen molar-refractivity contribution < 1.29 is 0 Å². The Morgan fingerprint density at radius 3 is 2.88 bits per heavy atom. The van der Waals surface area contributed by atoms with Crippen LogP contribution in [0, 0.1) is 12.8 Å². The molecular weight excluding hydrogens is 298 g/mol. The maximum Gasteiger partial charge on any atom is 0.193 e. The number of likely N-dealkylation sites (tertiary alicyclic amines) is 1. The molecule has 1 aromatic heterocycles. The highest BCUT2D eigenvalue weighted by Crippen LogP contribution is 2.17. The van der Waals surface area contributed by atoms with E-state index in [0.29, 0.717) is 0 Å². The van der Waals surface area contributed by atoms with Crippen molar-refractivity contribution in [1.29, 1.82) is 0 Å². The van der Waals surface area contributed by atoms with Crippen LogP contribution < -0.4 is 5.32 Å². The third-order valence-electron chi connectivity index (χ3n) is 5.02. The molecule has 1 N–H and O–H groups in total. The van der Waals surface area contributed by atoms with Crippen molar-refractivity contribution in [2.45, 2.75) is 33.6 Å². The predicted octanol–water partition coefficient (Wildman–Crippen LogP) is 2.17. The molecule has 0 aliphatic carbocycles. The lowest BCUT2D eigenvalue weighted by Crippen LogP contribution is -2.41. The van der Waals surface area contributed by atoms with Gasteiger partial charge in [-0.05, 0) is 56.0 Å². The zero-order chi connectivity index (χ0) is 17.4. The lowest BCUT2D eigenvalue weighted by molar-refractivity contribution is 0.255. The van der Waals surface area contributed by atoms with Crippen molar-refractivity contribution in [3.63, 3.8) is 0 Å². The topological polar surface area (TPSA) is 43.8 Å². The SMILES string of the molecule is CCN(CC)CC1CCN(C(=NC)NCCc2ccncc2C)C1. The van der Waals surface area contributed by atoms with Crippen molar-refractivity contribution in [3.05, 3.63) is 29.6 Å². The van der Waals surface area contributed by atoms with Crippen LogP contribution in [0.5, 0.6) is 0 Å². The van der Waals surface area contributed by atoms with Gasteiger partial charge in [-0.2, -0.15) is 0 Å². The summed E-state index contributed by atoms with van der Waals surface area (Å²) >= 11 is 0. The van der Waals surface area contributed by atoms with Crippen LogP contribution in [0.2, 0.25) is 0 Å². The number of rotatable bonds is 7. The molecule has 2 rings (SSSR count). The van der Waals surface area contributed by atoms with Crippen molar-refractivity contribution in [1.82, 2.24) is 20.1 Å². The van der Waals surface area contributed by atoms with Gasteiger partial charge >= 0.3 is 0 Å². The van der Waals surface area contributed by atoms with E-state index < -0.39 is 0 Å². The Labute approximate surface area is 147 Å². The number of aliphatic imine (C=N–C) groups is 1. The number of guanidine groups is 1. The smallest absolute Gasteiger partial charge is 0.193 e. The minimum Gasteiger partial charge on any atom is -0.356 e. The monoisotopic (exact) mass is 331 g/mol. The van der Waals surface area contributed by atoms with Gasteiger partial charge in [0.2, 0.25) is 0 Å². The van der Waals surface area contributed by atoms with Crippen LogP contribution in [0.3, 0.4) is 0 Å². The Morgan fingerprint density at radius 1 is 1.42 bits per heavy atom. The van der Waals surface area contributed by atoms with E-state index in [2.05, 4.69) is 51.9 Å². The van der Waals surface area contributed by atoms with Gasteiger partial charge in [0.1, 0.15) is 0 Å². The Bertz CT molecular complexity index is 524. The highest BCUT2D eigenvalue weighted by atomic mass is 15.3. The van der Waals surface area contributed by atoms with Gasteiger partial charge in [0.15, 0.2) is 5.96 Å². The van der Waals surface area contributed by atoms with Crippen LogP contribution in [0.15, 0.2) is 23.5 Å². The van der Waals surface area contributed by atoms with E-state index in [1.165, 1.54) is 24.1 Å². The number of aromatic nitrogens is 1. The lowest BCUT2D eigenvalue weighted by atomic mass is 10.1. The van der Waals surface area contributed by atoms with E-state index in [1.807, 2.05) is 19.4 Å². The number of nitrogens with one attached hydrogen (secondary N) is 1. The second-order valence-corrected chi connectivity index (χ2v) is 6.61. The quantitative estimate of drug-likeness (QED) is 0.614. The summed E-state index contributed by atoms with van der Waals surface area (Å²) in [6.07, 6.45) is 6.07. The molecule has 1 aromatic rings. The number of aryl methyl sites for hydroxylation is 1. The molecule has 0 aromatic carbocycles. The van der Waals surface area contributed by atoms with Crippen LogP contribution in [-0.2, 0) is 6.42 Å². The molecule has 134 valence electrons. The minimum atomic E-state index is 0.755. The van der Waals surface area contributed by atoms with Crippen LogP contribution in [0.4, 0.5) is 0 Å². The third kappa shape index (κ3) is 5.20. The number of nitrogens with zero attached hydrogens (tertiary/aromatic N) is 4. The number of hydrogen-bond acceptors (Lipinski definition) is 3. The highest BCUT2D eigenvalue weighted by molar-refractivity contribution is 5.80. The molecular formula is C19H33N5. The summed E-state index contributed by atoms with van der Waals surface area (Å²) < 4.78 is 0. The summed E-state index contributed by atoms with van der Waals surface area (Å²) in [5.41, 5.74) is 2.61. The first-order valence-corrected chi connectivity index (χ1v) is 9.25. The fourth-order valence-corrected chi connectivity index (χ4v) is 3.44. The number of pyridine rings is 1. The predicted molar refractivity (Wildman–Crippen MR) is 102 cm³/mol. The molecule has 1 atom stereocenters. The maximum atomic E-state index is 4.48. The molecule has 1 aliphatic rings. The molecule has 0 radical (unpaired) electrons. The molecule has 0 bridgehead atoms. The molecule has 1 fully saturated rings. The van der Waals surface area contributed by atoms with E-state index in [4.69, 9.17) is 0 Å². The highest BCUT2D eigenvalue weighted by Gasteiger charge is 2.25. The second kappa shape index (κ2) is 9.62. The molecule has 1 unspecified atom stereocenters. The summed E-state index contributed by atoms with van der Waals surface area (Å²) in [7, 11) is 1.89. The molecule has 5 heteroatoms. The Morgan fingerprint density at radius 2 is 2.21 bits per heavy atom. The molecule has 24 heavy (non-hydrogen) atoms. The van der Waals surface area contributed by atoms with Gasteiger partial charge in [-0.3, -0.25) is 9.98 Å². The fraction of sp³-hybridized carbons (Fsp3) is 0.684. The summed E-state index contributed by atoms with van der Waals surface area (Å²) in [6, 6.07) is 2.11. The molecule has 2 heterocycles. The van der Waals surface area contributed by atoms with Crippen LogP contribution in [0.1, 0.15) is 31.4 Å². The van der Waals surface area contributed by atoms with E-state index in [-0.39, 0.29) is 0 Å². The van der Waals surface area contributed by atoms with Gasteiger partial charge in [0, 0.05) is 45.6 Å². The molecule has 5 nitrogen and oxygen atoms in total. The Kier molecular flexibility index (Phi) is 7.50. The van der Waals surface area contributed by atoms with E-state index in [9.17, 15) is 0 Å². The standard InChI is InChI=1S/C19H33N5/c1-5-23(6-2)14-17-9-12-24(15-17)19(20-4)22-11-8-18-7-10-21-13-16(18)3/h7,10,13,17H,5-6,8-9,11-12,14-15H2,1-4H3,(H,20,22). The van der Waals surface area contributed by atoms with Crippen LogP contribution in [0.25, 0.3) is 0 Å². The zero-order valence-electron chi connectivity index (χ0n) is 15.8. The average molecular weight is 332 g/mol. The molecule has 0 saturated carbocycles. The average Bonchev–Trinajstić information content (AvgIpc) is 3.06. The molecule has 0 spiro atoms. The van der Waals surface area contributed by atoms with Crippen molar-refractivity contribution in [3.8, 4) is 0 Å². The van der Waals surface area contributed by atoms with Gasteiger partial charge in [-0.25, -0.2) is 0 Å². The lowest BCUT2D eigenvalue weighted by Gasteiger charge is -2.24. The largest absolute Gasteiger partial charge is 0.356 e. The molecule has 1 saturated heterocycles. The Hall–Kier alpha value is -1.62. The summed E-state index contributed by atoms with van der Waals surface area (Å²) in [5.74, 6) is 1.80. The summed E-state index contributed by atoms with van der Waals surface area (Å²) in [4.78, 5) is 13.6. The van der Waals surface area contributed by atoms with Gasteiger partial charge < -0.3 is 15.1 Å². The first-order chi connectivity index (χ1) is 11.7. The zero-order valence-corrected chi connectivity index (χ0v) is 15.8. The molecule has 1 aliphatic heterocycles. The second-order valence-electron chi connectivity index (χ2n) is 6.61. The summed E-state index contributed by atoms with van der Waals surface area (Å²) in [6.45, 7) is 13.2. The fourth-order valence-electron chi connectivity index (χ4n) is 3.44. The normalized spacial score (nSPS) is 18.5. The molecule has 0 amide bonds. The maximum absolute atomic E-state index is 4.48. The van der Waals surface area contributed by atoms with Crippen LogP contribution >= 0.6 is 0 Å². The van der Waals surface area contributed by atoms with E-state index >= 15 is 0 Å². The Balaban J connectivity index is 1.79. The third-order valence-corrected chi connectivity index (χ3v) is 5.02. The number of hydrogen-bond donors (Lipinski definition) is 1. The van der Waals surface area contributed by atoms with E-state index in [0.717, 1.165) is 51.0 Å². The van der Waals surface area contributed by atoms with Crippen molar-refractivity contribution in [2.75, 3.05) is 46.3 Å². The van der Waals surface area contributed by atoms with Gasteiger partial charge in [0.25, 0.3) is 0 Å². The van der Waals surface area contributed by atoms with Gasteiger partial charge in [0.05, 0.1) is 0 Å². The minimum absolute atomic E-state index is 0.755. The first-order valence-electron chi connectivity index (χ1n) is 9.25. The van der Waals surface area contributed by atoms with Crippen molar-refractivity contribution in [2.24, 2.45) is 10.9 Å². The van der Waals surface area contributed by atoms with Gasteiger partial charge in [-0.15, -0.1) is 0 Å². The van der Waals surface area contributed by atoms with Crippen LogP contribution in [-0.4, -0.2) is 67.1 Å². The van der Waals surface area contributed by atoms with E-state index in [1.54, 1.807) is 0 Å².